The highest BCUT2D eigenvalue weighted by molar-refractivity contribution is 9.10. The Labute approximate surface area is 150 Å². The number of hydrogen-bond donors (Lipinski definition) is 0. The van der Waals surface area contributed by atoms with Crippen LogP contribution in [0.2, 0.25) is 0 Å². The molecule has 0 aliphatic carbocycles. The first-order chi connectivity index (χ1) is 11.3. The molecule has 24 heavy (non-hydrogen) atoms. The minimum Gasteiger partial charge on any atom is -0.460 e. The van der Waals surface area contributed by atoms with Crippen molar-refractivity contribution in [2.24, 2.45) is 0 Å². The number of esters is 1. The van der Waals surface area contributed by atoms with E-state index in [4.69, 9.17) is 4.74 Å². The van der Waals surface area contributed by atoms with Gasteiger partial charge in [-0.25, -0.2) is 8.42 Å². The molecule has 0 bridgehead atoms. The van der Waals surface area contributed by atoms with E-state index in [1.165, 1.54) is 19.2 Å². The second-order valence-electron chi connectivity index (χ2n) is 5.36. The first-order valence-electron chi connectivity index (χ1n) is 7.22. The molecule has 2 rings (SSSR count). The third kappa shape index (κ3) is 4.90. The van der Waals surface area contributed by atoms with E-state index in [9.17, 15) is 13.2 Å². The van der Waals surface area contributed by atoms with Crippen molar-refractivity contribution in [3.63, 3.8) is 0 Å². The first kappa shape index (κ1) is 18.6. The fourth-order valence-corrected chi connectivity index (χ4v) is 3.33. The zero-order valence-corrected chi connectivity index (χ0v) is 15.8. The molecule has 2 aromatic carbocycles. The predicted molar refractivity (Wildman–Crippen MR) is 94.9 cm³/mol. The lowest BCUT2D eigenvalue weighted by Crippen LogP contribution is -2.33. The van der Waals surface area contributed by atoms with Crippen LogP contribution in [-0.4, -0.2) is 32.3 Å². The average Bonchev–Trinajstić information content (AvgIpc) is 2.54. The van der Waals surface area contributed by atoms with Gasteiger partial charge in [0.25, 0.3) is 0 Å². The zero-order chi connectivity index (χ0) is 17.7. The topological polar surface area (TPSA) is 63.7 Å². The average molecular weight is 412 g/mol. The van der Waals surface area contributed by atoms with Crippen molar-refractivity contribution >= 4 is 31.9 Å². The molecule has 0 saturated carbocycles. The summed E-state index contributed by atoms with van der Waals surface area (Å²) < 4.78 is 31.9. The summed E-state index contributed by atoms with van der Waals surface area (Å²) in [6.45, 7) is 1.64. The summed E-state index contributed by atoms with van der Waals surface area (Å²) in [5.41, 5.74) is 1.79. The Morgan fingerprint density at radius 3 is 2.25 bits per heavy atom. The second kappa shape index (κ2) is 7.92. The number of benzene rings is 2. The molecule has 0 saturated heterocycles. The van der Waals surface area contributed by atoms with Crippen molar-refractivity contribution in [1.82, 2.24) is 4.31 Å². The van der Waals surface area contributed by atoms with Crippen LogP contribution < -0.4 is 0 Å². The monoisotopic (exact) mass is 411 g/mol. The standard InChI is InChI=1S/C17H18BrNO4S/c1-13-3-9-16(10-4-13)24(21,22)19(2)11-17(20)23-12-14-5-7-15(18)8-6-14/h3-10H,11-12H2,1-2H3. The summed E-state index contributed by atoms with van der Waals surface area (Å²) in [5, 5.41) is 0. The smallest absolute Gasteiger partial charge is 0.321 e. The summed E-state index contributed by atoms with van der Waals surface area (Å²) in [6, 6.07) is 13.8. The Kier molecular flexibility index (Phi) is 6.15. The number of likely N-dealkylation sites (N-methyl/N-ethyl adjacent to an activating group) is 1. The fourth-order valence-electron chi connectivity index (χ4n) is 1.95. The Morgan fingerprint density at radius 2 is 1.67 bits per heavy atom. The van der Waals surface area contributed by atoms with Gasteiger partial charge in [-0.05, 0) is 36.8 Å². The van der Waals surface area contributed by atoms with Crippen LogP contribution in [0.1, 0.15) is 11.1 Å². The van der Waals surface area contributed by atoms with Crippen molar-refractivity contribution in [2.45, 2.75) is 18.4 Å². The molecule has 0 aliphatic rings. The lowest BCUT2D eigenvalue weighted by Gasteiger charge is -2.16. The van der Waals surface area contributed by atoms with E-state index in [0.29, 0.717) is 0 Å². The summed E-state index contributed by atoms with van der Waals surface area (Å²) in [7, 11) is -2.36. The number of carbonyl (C=O) groups is 1. The van der Waals surface area contributed by atoms with Gasteiger partial charge in [-0.2, -0.15) is 4.31 Å². The van der Waals surface area contributed by atoms with Gasteiger partial charge in [-0.1, -0.05) is 45.8 Å². The van der Waals surface area contributed by atoms with Crippen LogP contribution in [0, 0.1) is 6.92 Å². The highest BCUT2D eigenvalue weighted by atomic mass is 79.9. The number of carbonyl (C=O) groups excluding carboxylic acids is 1. The van der Waals surface area contributed by atoms with E-state index in [-0.39, 0.29) is 18.0 Å². The number of sulfonamides is 1. The third-order valence-corrected chi connectivity index (χ3v) is 5.74. The van der Waals surface area contributed by atoms with Crippen LogP contribution in [0.4, 0.5) is 0 Å². The van der Waals surface area contributed by atoms with Crippen molar-refractivity contribution in [2.75, 3.05) is 13.6 Å². The Bertz CT molecular complexity index is 801. The van der Waals surface area contributed by atoms with E-state index in [1.54, 1.807) is 12.1 Å². The fraction of sp³-hybridized carbons (Fsp3) is 0.235. The highest BCUT2D eigenvalue weighted by Crippen LogP contribution is 2.15. The molecule has 0 heterocycles. The number of hydrogen-bond acceptors (Lipinski definition) is 4. The van der Waals surface area contributed by atoms with Crippen molar-refractivity contribution in [1.29, 1.82) is 0 Å². The normalized spacial score (nSPS) is 11.5. The van der Waals surface area contributed by atoms with Crippen LogP contribution in [0.15, 0.2) is 57.9 Å². The number of ether oxygens (including phenoxy) is 1. The van der Waals surface area contributed by atoms with Crippen molar-refractivity contribution in [3.8, 4) is 0 Å². The molecular weight excluding hydrogens is 394 g/mol. The molecule has 0 aliphatic heterocycles. The molecule has 0 fully saturated rings. The molecule has 0 N–H and O–H groups in total. The molecule has 0 atom stereocenters. The van der Waals surface area contributed by atoms with Gasteiger partial charge < -0.3 is 4.74 Å². The molecule has 128 valence electrons. The maximum Gasteiger partial charge on any atom is 0.321 e. The molecule has 0 aromatic heterocycles. The Morgan fingerprint density at radius 1 is 1.08 bits per heavy atom. The molecular formula is C17H18BrNO4S. The first-order valence-corrected chi connectivity index (χ1v) is 9.45. The van der Waals surface area contributed by atoms with E-state index >= 15 is 0 Å². The van der Waals surface area contributed by atoms with Gasteiger partial charge in [0.15, 0.2) is 0 Å². The zero-order valence-electron chi connectivity index (χ0n) is 13.4. The lowest BCUT2D eigenvalue weighted by atomic mass is 10.2. The molecule has 2 aromatic rings. The number of aryl methyl sites for hydroxylation is 1. The summed E-state index contributed by atoms with van der Waals surface area (Å²) >= 11 is 3.33. The van der Waals surface area contributed by atoms with Crippen LogP contribution >= 0.6 is 15.9 Å². The lowest BCUT2D eigenvalue weighted by molar-refractivity contribution is -0.144. The minimum atomic E-state index is -3.71. The second-order valence-corrected chi connectivity index (χ2v) is 8.32. The van der Waals surface area contributed by atoms with Crippen LogP contribution in [-0.2, 0) is 26.2 Å². The summed E-state index contributed by atoms with van der Waals surface area (Å²) in [5.74, 6) is -0.601. The van der Waals surface area contributed by atoms with Gasteiger partial charge in [0.05, 0.1) is 4.90 Å². The van der Waals surface area contributed by atoms with E-state index in [2.05, 4.69) is 15.9 Å². The maximum absolute atomic E-state index is 12.4. The van der Waals surface area contributed by atoms with Crippen LogP contribution in [0.25, 0.3) is 0 Å². The van der Waals surface area contributed by atoms with Gasteiger partial charge in [0.2, 0.25) is 10.0 Å². The van der Waals surface area contributed by atoms with Gasteiger partial charge in [0, 0.05) is 11.5 Å². The van der Waals surface area contributed by atoms with Crippen LogP contribution in [0.5, 0.6) is 0 Å². The Hall–Kier alpha value is -1.70. The van der Waals surface area contributed by atoms with Crippen molar-refractivity contribution in [3.05, 3.63) is 64.1 Å². The van der Waals surface area contributed by atoms with E-state index in [0.717, 1.165) is 19.9 Å². The quantitative estimate of drug-likeness (QED) is 0.684. The van der Waals surface area contributed by atoms with Gasteiger partial charge >= 0.3 is 5.97 Å². The van der Waals surface area contributed by atoms with Crippen LogP contribution in [0.3, 0.4) is 0 Å². The van der Waals surface area contributed by atoms with Crippen molar-refractivity contribution < 1.29 is 17.9 Å². The molecule has 0 unspecified atom stereocenters. The van der Waals surface area contributed by atoms with Gasteiger partial charge in [-0.3, -0.25) is 4.79 Å². The SMILES string of the molecule is Cc1ccc(S(=O)(=O)N(C)CC(=O)OCc2ccc(Br)cc2)cc1. The maximum atomic E-state index is 12.4. The summed E-state index contributed by atoms with van der Waals surface area (Å²) in [4.78, 5) is 12.0. The van der Waals surface area contributed by atoms with Gasteiger partial charge in [0.1, 0.15) is 13.2 Å². The highest BCUT2D eigenvalue weighted by Gasteiger charge is 2.23. The van der Waals surface area contributed by atoms with Gasteiger partial charge in [-0.15, -0.1) is 0 Å². The number of halogens is 1. The van der Waals surface area contributed by atoms with E-state index < -0.39 is 16.0 Å². The molecule has 7 heteroatoms. The number of nitrogens with zero attached hydrogens (tertiary/aromatic N) is 1. The molecule has 0 spiro atoms. The molecule has 0 amide bonds. The predicted octanol–water partition coefficient (Wildman–Crippen LogP) is 3.12. The third-order valence-electron chi connectivity index (χ3n) is 3.39. The van der Waals surface area contributed by atoms with E-state index in [1.807, 2.05) is 31.2 Å². The largest absolute Gasteiger partial charge is 0.460 e. The molecule has 0 radical (unpaired) electrons. The summed E-state index contributed by atoms with van der Waals surface area (Å²) in [6.07, 6.45) is 0. The Balaban J connectivity index is 1.95. The molecule has 5 nitrogen and oxygen atoms in total. The number of rotatable bonds is 6. The minimum absolute atomic E-state index is 0.102.